The lowest BCUT2D eigenvalue weighted by molar-refractivity contribution is 0.590. The van der Waals surface area contributed by atoms with Crippen LogP contribution in [0.3, 0.4) is 0 Å². The van der Waals surface area contributed by atoms with Crippen LogP contribution in [-0.4, -0.2) is 11.3 Å². The minimum atomic E-state index is -0.371. The molecule has 0 bridgehead atoms. The second-order valence-corrected chi connectivity index (χ2v) is 18.5. The molecule has 0 aliphatic carbocycles. The summed E-state index contributed by atoms with van der Waals surface area (Å²) in [6.45, 7) is 11.6. The van der Waals surface area contributed by atoms with Gasteiger partial charge < -0.3 is 18.3 Å². The number of hydrogen-bond donors (Lipinski definition) is 0. The maximum Gasteiger partial charge on any atom is 0.247 e. The zero-order valence-corrected chi connectivity index (χ0v) is 34.3. The van der Waals surface area contributed by atoms with Gasteiger partial charge in [0.15, 0.2) is 0 Å². The Morgan fingerprint density at radius 2 is 1.02 bits per heavy atom. The molecule has 0 radical (unpaired) electrons. The van der Waals surface area contributed by atoms with Crippen molar-refractivity contribution in [3.8, 4) is 5.69 Å². The fourth-order valence-electron chi connectivity index (χ4n) is 10.9. The molecule has 8 aromatic carbocycles. The summed E-state index contributed by atoms with van der Waals surface area (Å²) in [6.07, 6.45) is 0. The largest absolute Gasteiger partial charge is 0.456 e. The Bertz CT molecular complexity index is 3580. The Morgan fingerprint density at radius 1 is 0.467 bits per heavy atom. The fourth-order valence-corrected chi connectivity index (χ4v) is 10.9. The Kier molecular flexibility index (Phi) is 6.57. The molecule has 2 aliphatic heterocycles. The predicted molar refractivity (Wildman–Crippen MR) is 252 cm³/mol. The molecule has 5 heteroatoms. The van der Waals surface area contributed by atoms with Gasteiger partial charge in [0.2, 0.25) is 6.71 Å². The highest BCUT2D eigenvalue weighted by Gasteiger charge is 2.47. The van der Waals surface area contributed by atoms with Gasteiger partial charge in [0.1, 0.15) is 22.3 Å². The molecule has 0 saturated carbocycles. The van der Waals surface area contributed by atoms with E-state index >= 15 is 0 Å². The molecule has 3 aromatic heterocycles. The Balaban J connectivity index is 1.19. The molecule has 4 nitrogen and oxygen atoms in total. The van der Waals surface area contributed by atoms with Gasteiger partial charge >= 0.3 is 0 Å². The zero-order valence-electron chi connectivity index (χ0n) is 34.3. The predicted octanol–water partition coefficient (Wildman–Crippen LogP) is 12.8. The molecule has 286 valence electrons. The fraction of sp³-hybridized carbons (Fsp3) is 0.127. The number of aromatic nitrogens is 1. The van der Waals surface area contributed by atoms with Gasteiger partial charge in [0.25, 0.3) is 0 Å². The Hall–Kier alpha value is -6.98. The lowest BCUT2D eigenvalue weighted by Gasteiger charge is -2.45. The SMILES string of the molecule is CC(C)(C)c1ccc(N2c3cc4oc5ccccc5c4cc3B3c4cc5c(cc4C(C)(C)c4cc(-n6c7ccccc7c7ccccc76)cc2c43)oc2ccccc25)cc1. The van der Waals surface area contributed by atoms with E-state index in [1.165, 1.54) is 60.6 Å². The highest BCUT2D eigenvalue weighted by Crippen LogP contribution is 2.47. The number of rotatable bonds is 2. The molecular formula is C55H41BN2O2. The van der Waals surface area contributed by atoms with E-state index < -0.39 is 0 Å². The van der Waals surface area contributed by atoms with Crippen LogP contribution in [0.15, 0.2) is 167 Å². The van der Waals surface area contributed by atoms with E-state index in [1.54, 1.807) is 0 Å². The highest BCUT2D eigenvalue weighted by molar-refractivity contribution is 6.99. The molecule has 5 heterocycles. The van der Waals surface area contributed by atoms with E-state index in [0.717, 1.165) is 60.9 Å². The third kappa shape index (κ3) is 4.47. The molecule has 0 spiro atoms. The van der Waals surface area contributed by atoms with Crippen molar-refractivity contribution >= 4 is 106 Å². The molecule has 0 fully saturated rings. The summed E-state index contributed by atoms with van der Waals surface area (Å²) < 4.78 is 15.8. The molecule has 60 heavy (non-hydrogen) atoms. The monoisotopic (exact) mass is 772 g/mol. The Labute approximate surface area is 348 Å². The maximum atomic E-state index is 6.69. The number of nitrogens with zero attached hydrogens (tertiary/aromatic N) is 2. The van der Waals surface area contributed by atoms with E-state index in [4.69, 9.17) is 8.83 Å². The van der Waals surface area contributed by atoms with E-state index in [2.05, 4.69) is 202 Å². The summed E-state index contributed by atoms with van der Waals surface area (Å²) in [5.74, 6) is 0. The standard InChI is InChI=1S/C55H41BN2O2/c1-54(2,3)32-22-24-33(25-23-32)57-47-31-52-40(38-17-9-13-21-50(38)60-52)29-44(47)56-43-28-39-37-16-8-12-20-49(37)59-51(39)30-41(43)55(4,5)42-26-34(27-48(57)53(42)56)58-45-18-10-6-14-35(45)36-15-7-11-19-46(36)58/h6-31H,1-5H3. The highest BCUT2D eigenvalue weighted by atomic mass is 16.3. The van der Waals surface area contributed by atoms with Crippen molar-refractivity contribution in [1.29, 1.82) is 0 Å². The van der Waals surface area contributed by atoms with Crippen LogP contribution in [0.2, 0.25) is 0 Å². The summed E-state index contributed by atoms with van der Waals surface area (Å²) in [5, 5.41) is 7.08. The van der Waals surface area contributed by atoms with Crippen molar-refractivity contribution in [2.75, 3.05) is 4.90 Å². The second kappa shape index (κ2) is 11.6. The van der Waals surface area contributed by atoms with Crippen LogP contribution >= 0.6 is 0 Å². The van der Waals surface area contributed by atoms with Gasteiger partial charge in [-0.2, -0.15) is 0 Å². The van der Waals surface area contributed by atoms with Gasteiger partial charge in [-0.25, -0.2) is 0 Å². The number of benzene rings is 8. The quantitative estimate of drug-likeness (QED) is 0.164. The van der Waals surface area contributed by atoms with Crippen LogP contribution in [0, 0.1) is 0 Å². The van der Waals surface area contributed by atoms with Crippen molar-refractivity contribution in [2.24, 2.45) is 0 Å². The van der Waals surface area contributed by atoms with Gasteiger partial charge in [0.05, 0.1) is 11.0 Å². The summed E-state index contributed by atoms with van der Waals surface area (Å²) in [7, 11) is 0. The van der Waals surface area contributed by atoms with Crippen molar-refractivity contribution in [1.82, 2.24) is 4.57 Å². The van der Waals surface area contributed by atoms with Gasteiger partial charge in [-0.15, -0.1) is 0 Å². The van der Waals surface area contributed by atoms with E-state index in [-0.39, 0.29) is 17.5 Å². The third-order valence-electron chi connectivity index (χ3n) is 13.8. The van der Waals surface area contributed by atoms with Crippen LogP contribution in [0.1, 0.15) is 51.3 Å². The van der Waals surface area contributed by atoms with Gasteiger partial charge in [-0.05, 0) is 87.6 Å². The number of furan rings is 2. The smallest absolute Gasteiger partial charge is 0.247 e. The topological polar surface area (TPSA) is 34.5 Å². The Morgan fingerprint density at radius 3 is 1.63 bits per heavy atom. The molecule has 13 rings (SSSR count). The van der Waals surface area contributed by atoms with Crippen molar-refractivity contribution in [3.05, 3.63) is 174 Å². The molecule has 2 aliphatic rings. The molecule has 0 atom stereocenters. The molecule has 0 unspecified atom stereocenters. The molecule has 0 amide bonds. The number of anilines is 3. The average Bonchev–Trinajstić information content (AvgIpc) is 3.92. The van der Waals surface area contributed by atoms with Gasteiger partial charge in [0, 0.05) is 66.5 Å². The first kappa shape index (κ1) is 33.9. The number of hydrogen-bond acceptors (Lipinski definition) is 3. The number of fused-ring (bicyclic) bond motifs is 13. The van der Waals surface area contributed by atoms with Crippen LogP contribution in [0.4, 0.5) is 17.1 Å². The van der Waals surface area contributed by atoms with Gasteiger partial charge in [-0.1, -0.05) is 137 Å². The molecular weight excluding hydrogens is 731 g/mol. The summed E-state index contributed by atoms with van der Waals surface area (Å²) in [4.78, 5) is 2.52. The third-order valence-corrected chi connectivity index (χ3v) is 13.8. The summed E-state index contributed by atoms with van der Waals surface area (Å²) in [6, 6.07) is 58.3. The molecule has 0 saturated heterocycles. The summed E-state index contributed by atoms with van der Waals surface area (Å²) >= 11 is 0. The molecule has 11 aromatic rings. The van der Waals surface area contributed by atoms with Crippen LogP contribution in [-0.2, 0) is 10.8 Å². The first-order valence-corrected chi connectivity index (χ1v) is 21.1. The average molecular weight is 773 g/mol. The normalized spacial score (nSPS) is 14.5. The second-order valence-electron chi connectivity index (χ2n) is 18.5. The minimum absolute atomic E-state index is 0.0236. The van der Waals surface area contributed by atoms with Gasteiger partial charge in [-0.3, -0.25) is 0 Å². The lowest BCUT2D eigenvalue weighted by Crippen LogP contribution is -2.64. The first-order valence-electron chi connectivity index (χ1n) is 21.1. The minimum Gasteiger partial charge on any atom is -0.456 e. The first-order chi connectivity index (χ1) is 29.1. The van der Waals surface area contributed by atoms with Crippen molar-refractivity contribution in [2.45, 2.75) is 45.4 Å². The van der Waals surface area contributed by atoms with E-state index in [1.807, 2.05) is 0 Å². The van der Waals surface area contributed by atoms with Crippen LogP contribution < -0.4 is 21.3 Å². The lowest BCUT2D eigenvalue weighted by atomic mass is 9.30. The van der Waals surface area contributed by atoms with E-state index in [0.29, 0.717) is 0 Å². The zero-order chi connectivity index (χ0) is 40.2. The summed E-state index contributed by atoms with van der Waals surface area (Å²) in [5.41, 5.74) is 18.2. The van der Waals surface area contributed by atoms with Crippen LogP contribution in [0.25, 0.3) is 71.4 Å². The van der Waals surface area contributed by atoms with Crippen LogP contribution in [0.5, 0.6) is 0 Å². The maximum absolute atomic E-state index is 6.69. The van der Waals surface area contributed by atoms with Crippen molar-refractivity contribution < 1.29 is 8.83 Å². The molecule has 0 N–H and O–H groups in total. The van der Waals surface area contributed by atoms with E-state index in [9.17, 15) is 0 Å². The van der Waals surface area contributed by atoms with Crippen molar-refractivity contribution in [3.63, 3.8) is 0 Å². The number of para-hydroxylation sites is 4.